The highest BCUT2D eigenvalue weighted by atomic mass is 32.2. The molecule has 4 aromatic rings. The summed E-state index contributed by atoms with van der Waals surface area (Å²) in [4.78, 5) is 12.5. The fourth-order valence-corrected chi connectivity index (χ4v) is 3.69. The summed E-state index contributed by atoms with van der Waals surface area (Å²) < 4.78 is 1.86. The molecule has 3 aromatic carbocycles. The highest BCUT2D eigenvalue weighted by molar-refractivity contribution is 7.99. The van der Waals surface area contributed by atoms with Crippen LogP contribution < -0.4 is 5.43 Å². The van der Waals surface area contributed by atoms with Gasteiger partial charge in [0.2, 0.25) is 0 Å². The number of amides is 1. The highest BCUT2D eigenvalue weighted by Crippen LogP contribution is 2.19. The summed E-state index contributed by atoms with van der Waals surface area (Å²) in [6, 6.07) is 27.6. The number of benzene rings is 3. The first-order chi connectivity index (χ1) is 15.2. The number of rotatable bonds is 7. The van der Waals surface area contributed by atoms with Gasteiger partial charge in [0.15, 0.2) is 5.16 Å². The summed E-state index contributed by atoms with van der Waals surface area (Å²) in [5.41, 5.74) is 7.38. The van der Waals surface area contributed by atoms with E-state index >= 15 is 0 Å². The molecule has 1 amide bonds. The largest absolute Gasteiger partial charge is 0.277 e. The van der Waals surface area contributed by atoms with Crippen LogP contribution in [-0.4, -0.2) is 32.1 Å². The summed E-state index contributed by atoms with van der Waals surface area (Å²) in [6.07, 6.45) is 1.64. The molecule has 0 spiro atoms. The van der Waals surface area contributed by atoms with Crippen molar-refractivity contribution in [1.82, 2.24) is 20.2 Å². The van der Waals surface area contributed by atoms with E-state index in [0.29, 0.717) is 10.9 Å². The van der Waals surface area contributed by atoms with E-state index in [0.717, 1.165) is 16.8 Å². The molecule has 0 radical (unpaired) electrons. The van der Waals surface area contributed by atoms with Gasteiger partial charge < -0.3 is 0 Å². The van der Waals surface area contributed by atoms with Gasteiger partial charge in [0, 0.05) is 16.8 Å². The molecule has 0 aliphatic rings. The maximum absolute atomic E-state index is 12.5. The summed E-state index contributed by atoms with van der Waals surface area (Å²) >= 11 is 1.31. The van der Waals surface area contributed by atoms with Crippen LogP contribution in [0.25, 0.3) is 5.69 Å². The number of thioether (sulfide) groups is 1. The first-order valence-electron chi connectivity index (χ1n) is 9.78. The zero-order valence-electron chi connectivity index (χ0n) is 17.0. The van der Waals surface area contributed by atoms with E-state index in [2.05, 4.69) is 20.7 Å². The van der Waals surface area contributed by atoms with Gasteiger partial charge in [-0.25, -0.2) is 5.43 Å². The van der Waals surface area contributed by atoms with E-state index in [9.17, 15) is 4.79 Å². The van der Waals surface area contributed by atoms with E-state index in [1.54, 1.807) is 6.33 Å². The monoisotopic (exact) mass is 427 g/mol. The van der Waals surface area contributed by atoms with Gasteiger partial charge in [-0.1, -0.05) is 90.1 Å². The van der Waals surface area contributed by atoms with Crippen molar-refractivity contribution in [2.24, 2.45) is 5.10 Å². The molecule has 0 saturated carbocycles. The second-order valence-corrected chi connectivity index (χ2v) is 7.78. The number of aryl methyl sites for hydroxylation is 1. The number of carbonyl (C=O) groups excluding carboxylic acids is 1. The van der Waals surface area contributed by atoms with E-state index in [1.807, 2.05) is 96.4 Å². The summed E-state index contributed by atoms with van der Waals surface area (Å²) in [5.74, 6) is -0.0434. The minimum atomic E-state index is -0.215. The Morgan fingerprint density at radius 3 is 2.16 bits per heavy atom. The molecule has 0 fully saturated rings. The van der Waals surface area contributed by atoms with Crippen molar-refractivity contribution < 1.29 is 4.79 Å². The lowest BCUT2D eigenvalue weighted by Gasteiger charge is -2.08. The fourth-order valence-electron chi connectivity index (χ4n) is 2.97. The molecule has 6 nitrogen and oxygen atoms in total. The molecule has 7 heteroatoms. The third-order valence-electron chi connectivity index (χ3n) is 4.55. The zero-order valence-corrected chi connectivity index (χ0v) is 17.8. The highest BCUT2D eigenvalue weighted by Gasteiger charge is 2.11. The Morgan fingerprint density at radius 1 is 0.935 bits per heavy atom. The van der Waals surface area contributed by atoms with Crippen molar-refractivity contribution in [2.75, 3.05) is 5.75 Å². The summed E-state index contributed by atoms with van der Waals surface area (Å²) in [6.45, 7) is 2.04. The summed E-state index contributed by atoms with van der Waals surface area (Å²) in [7, 11) is 0. The number of nitrogens with one attached hydrogen (secondary N) is 1. The second kappa shape index (κ2) is 9.86. The average molecular weight is 428 g/mol. The van der Waals surface area contributed by atoms with Crippen LogP contribution in [0.15, 0.2) is 102 Å². The van der Waals surface area contributed by atoms with Gasteiger partial charge in [0.05, 0.1) is 11.5 Å². The molecule has 0 aliphatic heterocycles. The molecule has 0 unspecified atom stereocenters. The van der Waals surface area contributed by atoms with Crippen LogP contribution in [0.2, 0.25) is 0 Å². The van der Waals surface area contributed by atoms with Crippen LogP contribution in [0, 0.1) is 6.92 Å². The van der Waals surface area contributed by atoms with E-state index in [4.69, 9.17) is 0 Å². The average Bonchev–Trinajstić information content (AvgIpc) is 3.28. The zero-order chi connectivity index (χ0) is 21.5. The Balaban J connectivity index is 1.45. The molecule has 0 bridgehead atoms. The van der Waals surface area contributed by atoms with E-state index in [-0.39, 0.29) is 11.7 Å². The SMILES string of the molecule is Cc1ccc(-n2cnnc2SCC(=O)NN=C(c2ccccc2)c2ccccc2)cc1. The van der Waals surface area contributed by atoms with Gasteiger partial charge in [0.1, 0.15) is 6.33 Å². The standard InChI is InChI=1S/C24H21N5OS/c1-18-12-14-21(15-13-18)29-17-25-28-24(29)31-16-22(30)26-27-23(19-8-4-2-5-9-19)20-10-6-3-7-11-20/h2-15,17H,16H2,1H3,(H,26,30). The number of nitrogens with zero attached hydrogens (tertiary/aromatic N) is 4. The fraction of sp³-hybridized carbons (Fsp3) is 0.0833. The number of aromatic nitrogens is 3. The molecule has 1 N–H and O–H groups in total. The lowest BCUT2D eigenvalue weighted by atomic mass is 10.0. The Labute approximate surface area is 185 Å². The van der Waals surface area contributed by atoms with Crippen LogP contribution in [0.1, 0.15) is 16.7 Å². The van der Waals surface area contributed by atoms with Gasteiger partial charge in [-0.05, 0) is 19.1 Å². The smallest absolute Gasteiger partial charge is 0.250 e. The first kappa shape index (κ1) is 20.6. The molecule has 0 saturated heterocycles. The second-order valence-electron chi connectivity index (χ2n) is 6.84. The molecular formula is C24H21N5OS. The predicted molar refractivity (Wildman–Crippen MR) is 123 cm³/mol. The molecule has 0 aliphatic carbocycles. The van der Waals surface area contributed by atoms with Crippen LogP contribution in [0.5, 0.6) is 0 Å². The molecule has 0 atom stereocenters. The topological polar surface area (TPSA) is 72.2 Å². The van der Waals surface area contributed by atoms with Crippen molar-refractivity contribution in [1.29, 1.82) is 0 Å². The van der Waals surface area contributed by atoms with Gasteiger partial charge in [-0.15, -0.1) is 10.2 Å². The van der Waals surface area contributed by atoms with Crippen LogP contribution >= 0.6 is 11.8 Å². The molecule has 4 rings (SSSR count). The quantitative estimate of drug-likeness (QED) is 0.272. The molecular weight excluding hydrogens is 406 g/mol. The maximum atomic E-state index is 12.5. The van der Waals surface area contributed by atoms with Crippen molar-refractivity contribution in [3.05, 3.63) is 108 Å². The van der Waals surface area contributed by atoms with Crippen LogP contribution in [-0.2, 0) is 4.79 Å². The Morgan fingerprint density at radius 2 is 1.55 bits per heavy atom. The van der Waals surface area contributed by atoms with E-state index < -0.39 is 0 Å². The van der Waals surface area contributed by atoms with E-state index in [1.165, 1.54) is 17.3 Å². The Hall–Kier alpha value is -3.71. The Bertz CT molecular complexity index is 1130. The Kier molecular flexibility index (Phi) is 6.54. The minimum absolute atomic E-state index is 0.172. The van der Waals surface area contributed by atoms with Crippen LogP contribution in [0.3, 0.4) is 0 Å². The first-order valence-corrected chi connectivity index (χ1v) is 10.8. The van der Waals surface area contributed by atoms with Crippen LogP contribution in [0.4, 0.5) is 0 Å². The van der Waals surface area contributed by atoms with Crippen molar-refractivity contribution in [2.45, 2.75) is 12.1 Å². The normalized spacial score (nSPS) is 10.5. The van der Waals surface area contributed by atoms with Crippen molar-refractivity contribution in [3.8, 4) is 5.69 Å². The van der Waals surface area contributed by atoms with Gasteiger partial charge in [0.25, 0.3) is 5.91 Å². The molecule has 31 heavy (non-hydrogen) atoms. The van der Waals surface area contributed by atoms with Crippen molar-refractivity contribution in [3.63, 3.8) is 0 Å². The molecule has 154 valence electrons. The number of hydrazone groups is 1. The van der Waals surface area contributed by atoms with Gasteiger partial charge in [-0.3, -0.25) is 9.36 Å². The van der Waals surface area contributed by atoms with Crippen molar-refractivity contribution >= 4 is 23.4 Å². The van der Waals surface area contributed by atoms with Gasteiger partial charge >= 0.3 is 0 Å². The lowest BCUT2D eigenvalue weighted by molar-refractivity contribution is -0.118. The third kappa shape index (κ3) is 5.26. The number of hydrogen-bond acceptors (Lipinski definition) is 5. The predicted octanol–water partition coefficient (Wildman–Crippen LogP) is 4.24. The lowest BCUT2D eigenvalue weighted by Crippen LogP contribution is -2.22. The minimum Gasteiger partial charge on any atom is -0.277 e. The molecule has 1 aromatic heterocycles. The van der Waals surface area contributed by atoms with Gasteiger partial charge in [-0.2, -0.15) is 5.10 Å². The number of hydrogen-bond donors (Lipinski definition) is 1. The molecule has 1 heterocycles. The summed E-state index contributed by atoms with van der Waals surface area (Å²) in [5, 5.41) is 13.2. The number of carbonyl (C=O) groups is 1. The maximum Gasteiger partial charge on any atom is 0.250 e. The third-order valence-corrected chi connectivity index (χ3v) is 5.49.